The second-order valence-corrected chi connectivity index (χ2v) is 7.66. The summed E-state index contributed by atoms with van der Waals surface area (Å²) in [4.78, 5) is 25.0. The van der Waals surface area contributed by atoms with Crippen LogP contribution in [-0.2, 0) is 0 Å². The van der Waals surface area contributed by atoms with Gasteiger partial charge in [0, 0.05) is 24.5 Å². The lowest BCUT2D eigenvalue weighted by Crippen LogP contribution is -2.23. The molecular formula is C23H18N4O4. The Hall–Kier alpha value is -3.94. The van der Waals surface area contributed by atoms with Crippen molar-refractivity contribution < 1.29 is 14.2 Å². The van der Waals surface area contributed by atoms with Crippen LogP contribution in [-0.4, -0.2) is 26.0 Å². The molecule has 4 aromatic rings. The molecule has 1 aliphatic heterocycles. The quantitative estimate of drug-likeness (QED) is 0.503. The lowest BCUT2D eigenvalue weighted by molar-refractivity contribution is 0.0817. The molecule has 0 bridgehead atoms. The molecule has 6 rings (SSSR count). The lowest BCUT2D eigenvalue weighted by atomic mass is 10.1. The first kappa shape index (κ1) is 17.9. The number of ether oxygens (including phenoxy) is 3. The highest BCUT2D eigenvalue weighted by Crippen LogP contribution is 2.40. The van der Waals surface area contributed by atoms with Gasteiger partial charge >= 0.3 is 0 Å². The van der Waals surface area contributed by atoms with E-state index in [1.807, 2.05) is 12.3 Å². The molecule has 0 amide bonds. The van der Waals surface area contributed by atoms with Crippen molar-refractivity contribution in [2.45, 2.75) is 24.9 Å². The van der Waals surface area contributed by atoms with Crippen LogP contribution >= 0.6 is 0 Å². The van der Waals surface area contributed by atoms with Gasteiger partial charge in [-0.15, -0.1) is 0 Å². The molecule has 1 fully saturated rings. The van der Waals surface area contributed by atoms with Gasteiger partial charge in [-0.05, 0) is 42.5 Å². The highest BCUT2D eigenvalue weighted by Gasteiger charge is 2.27. The number of fused-ring (bicyclic) bond motifs is 2. The van der Waals surface area contributed by atoms with Crippen molar-refractivity contribution in [3.63, 3.8) is 0 Å². The van der Waals surface area contributed by atoms with Gasteiger partial charge in [-0.1, -0.05) is 6.07 Å². The lowest BCUT2D eigenvalue weighted by Gasteiger charge is -2.25. The van der Waals surface area contributed by atoms with Crippen LogP contribution in [0.15, 0.2) is 66.0 Å². The Morgan fingerprint density at radius 3 is 2.77 bits per heavy atom. The van der Waals surface area contributed by atoms with Gasteiger partial charge in [0.15, 0.2) is 11.9 Å². The largest absolute Gasteiger partial charge is 0.483 e. The van der Waals surface area contributed by atoms with E-state index >= 15 is 0 Å². The zero-order valence-corrected chi connectivity index (χ0v) is 16.5. The van der Waals surface area contributed by atoms with Gasteiger partial charge in [-0.2, -0.15) is 0 Å². The Bertz CT molecular complexity index is 1330. The minimum Gasteiger partial charge on any atom is -0.483 e. The normalized spacial score (nSPS) is 17.5. The Morgan fingerprint density at radius 1 is 1.00 bits per heavy atom. The third-order valence-electron chi connectivity index (χ3n) is 5.42. The van der Waals surface area contributed by atoms with Crippen LogP contribution in [0.5, 0.6) is 23.1 Å². The summed E-state index contributed by atoms with van der Waals surface area (Å²) in [6.07, 6.45) is 8.75. The highest BCUT2D eigenvalue weighted by molar-refractivity contribution is 5.45. The van der Waals surface area contributed by atoms with Gasteiger partial charge in [-0.25, -0.2) is 9.97 Å². The highest BCUT2D eigenvalue weighted by atomic mass is 16.6. The van der Waals surface area contributed by atoms with Gasteiger partial charge in [0.05, 0.1) is 18.1 Å². The fraction of sp³-hybridized carbons (Fsp3) is 0.217. The maximum Gasteiger partial charge on any atom is 0.258 e. The summed E-state index contributed by atoms with van der Waals surface area (Å²) < 4.78 is 19.2. The van der Waals surface area contributed by atoms with E-state index in [1.165, 1.54) is 35.1 Å². The molecule has 0 saturated heterocycles. The predicted octanol–water partition coefficient (Wildman–Crippen LogP) is 3.67. The van der Waals surface area contributed by atoms with Crippen LogP contribution in [0.2, 0.25) is 0 Å². The molecule has 31 heavy (non-hydrogen) atoms. The first-order chi connectivity index (χ1) is 15.2. The van der Waals surface area contributed by atoms with Gasteiger partial charge in [0.2, 0.25) is 0 Å². The molecule has 0 N–H and O–H groups in total. The van der Waals surface area contributed by atoms with Crippen LogP contribution in [0.1, 0.15) is 36.1 Å². The van der Waals surface area contributed by atoms with Crippen LogP contribution < -0.4 is 19.8 Å². The molecule has 5 heterocycles. The van der Waals surface area contributed by atoms with Crippen molar-refractivity contribution in [1.29, 1.82) is 0 Å². The Balaban J connectivity index is 1.20. The third kappa shape index (κ3) is 3.46. The van der Waals surface area contributed by atoms with Gasteiger partial charge in [0.25, 0.3) is 11.4 Å². The third-order valence-corrected chi connectivity index (χ3v) is 5.42. The summed E-state index contributed by atoms with van der Waals surface area (Å²) in [7, 11) is 0. The SMILES string of the molecule is O=c1ccnc2ccc(Oc3cnc4c(c3)OC[C@H](c3ccc(C5CC5)cn3)O4)cn12. The van der Waals surface area contributed by atoms with Crippen LogP contribution in [0.3, 0.4) is 0 Å². The standard InChI is InChI=1S/C23H18N4O4/c28-22-7-8-24-21-6-4-16(12-27(21)22)30-17-9-19-23(26-11-17)31-20(13-29-19)18-5-3-15(10-25-18)14-1-2-14/h3-12,14,20H,1-2,13H2/t20-/m1/s1. The van der Waals surface area contributed by atoms with Crippen molar-refractivity contribution in [2.24, 2.45) is 0 Å². The number of hydrogen-bond acceptors (Lipinski definition) is 7. The van der Waals surface area contributed by atoms with E-state index in [9.17, 15) is 4.79 Å². The zero-order chi connectivity index (χ0) is 20.8. The fourth-order valence-corrected chi connectivity index (χ4v) is 3.62. The van der Waals surface area contributed by atoms with Crippen LogP contribution in [0.4, 0.5) is 0 Å². The molecule has 1 saturated carbocycles. The van der Waals surface area contributed by atoms with Crippen molar-refractivity contribution in [3.05, 3.63) is 82.8 Å². The summed E-state index contributed by atoms with van der Waals surface area (Å²) in [5.74, 6) is 2.53. The molecular weight excluding hydrogens is 396 g/mol. The molecule has 0 radical (unpaired) electrons. The van der Waals surface area contributed by atoms with Gasteiger partial charge in [-0.3, -0.25) is 14.2 Å². The molecule has 0 spiro atoms. The topological polar surface area (TPSA) is 87.8 Å². The monoisotopic (exact) mass is 414 g/mol. The Morgan fingerprint density at radius 2 is 1.94 bits per heavy atom. The average molecular weight is 414 g/mol. The average Bonchev–Trinajstić information content (AvgIpc) is 3.65. The summed E-state index contributed by atoms with van der Waals surface area (Å²) in [5, 5.41) is 0. The van der Waals surface area contributed by atoms with Crippen LogP contribution in [0.25, 0.3) is 5.65 Å². The number of rotatable bonds is 4. The van der Waals surface area contributed by atoms with E-state index in [-0.39, 0.29) is 11.7 Å². The van der Waals surface area contributed by atoms with E-state index in [4.69, 9.17) is 14.2 Å². The second-order valence-electron chi connectivity index (χ2n) is 7.66. The van der Waals surface area contributed by atoms with Gasteiger partial charge < -0.3 is 14.2 Å². The molecule has 4 aromatic heterocycles. The molecule has 8 nitrogen and oxygen atoms in total. The summed E-state index contributed by atoms with van der Waals surface area (Å²) in [6, 6.07) is 10.7. The maximum atomic E-state index is 12.0. The first-order valence-electron chi connectivity index (χ1n) is 10.1. The molecule has 154 valence electrons. The Kier molecular flexibility index (Phi) is 4.09. The molecule has 0 unspecified atom stereocenters. The number of pyridine rings is 3. The molecule has 0 aromatic carbocycles. The van der Waals surface area contributed by atoms with Crippen molar-refractivity contribution in [3.8, 4) is 23.1 Å². The second kappa shape index (κ2) is 7.09. The predicted molar refractivity (Wildman–Crippen MR) is 111 cm³/mol. The smallest absolute Gasteiger partial charge is 0.258 e. The van der Waals surface area contributed by atoms with E-state index in [2.05, 4.69) is 21.0 Å². The fourth-order valence-electron chi connectivity index (χ4n) is 3.62. The van der Waals surface area contributed by atoms with Gasteiger partial charge in [0.1, 0.15) is 23.8 Å². The minimum absolute atomic E-state index is 0.180. The van der Waals surface area contributed by atoms with Crippen LogP contribution in [0, 0.1) is 0 Å². The molecule has 1 aliphatic carbocycles. The maximum absolute atomic E-state index is 12.0. The van der Waals surface area contributed by atoms with E-state index in [1.54, 1.807) is 30.6 Å². The zero-order valence-electron chi connectivity index (χ0n) is 16.5. The Labute approximate surface area is 177 Å². The van der Waals surface area contributed by atoms with Crippen molar-refractivity contribution >= 4 is 5.65 Å². The number of nitrogens with zero attached hydrogens (tertiary/aromatic N) is 4. The molecule has 8 heteroatoms. The van der Waals surface area contributed by atoms with E-state index in [0.29, 0.717) is 41.3 Å². The summed E-state index contributed by atoms with van der Waals surface area (Å²) in [5.41, 5.74) is 2.48. The van der Waals surface area contributed by atoms with Crippen molar-refractivity contribution in [2.75, 3.05) is 6.61 Å². The summed E-state index contributed by atoms with van der Waals surface area (Å²) in [6.45, 7) is 0.338. The molecule has 1 atom stereocenters. The first-order valence-corrected chi connectivity index (χ1v) is 10.1. The van der Waals surface area contributed by atoms with E-state index in [0.717, 1.165) is 5.69 Å². The van der Waals surface area contributed by atoms with Crippen molar-refractivity contribution in [1.82, 2.24) is 19.4 Å². The minimum atomic E-state index is -0.306. The number of hydrogen-bond donors (Lipinski definition) is 0. The van der Waals surface area contributed by atoms with E-state index < -0.39 is 0 Å². The summed E-state index contributed by atoms with van der Waals surface area (Å²) >= 11 is 0. The molecule has 2 aliphatic rings. The number of aromatic nitrogens is 4.